The van der Waals surface area contributed by atoms with Crippen molar-refractivity contribution < 1.29 is 12.8 Å². The first kappa shape index (κ1) is 15.0. The SMILES string of the molecule is NC(=S)c1ccc(Cl)c(S(=O)(=O)NCc2ccco2)c1. The van der Waals surface area contributed by atoms with Gasteiger partial charge >= 0.3 is 0 Å². The molecule has 3 N–H and O–H groups in total. The number of halogens is 1. The number of sulfonamides is 1. The van der Waals surface area contributed by atoms with Gasteiger partial charge in [0.1, 0.15) is 15.6 Å². The Bertz CT molecular complexity index is 727. The molecule has 1 aromatic heterocycles. The van der Waals surface area contributed by atoms with Crippen molar-refractivity contribution in [3.05, 3.63) is 52.9 Å². The summed E-state index contributed by atoms with van der Waals surface area (Å²) in [6, 6.07) is 7.68. The van der Waals surface area contributed by atoms with E-state index in [4.69, 9.17) is 34.0 Å². The lowest BCUT2D eigenvalue weighted by atomic mass is 10.2. The van der Waals surface area contributed by atoms with Gasteiger partial charge in [-0.15, -0.1) is 0 Å². The lowest BCUT2D eigenvalue weighted by Crippen LogP contribution is -2.24. The Balaban J connectivity index is 2.28. The minimum atomic E-state index is -3.78. The fourth-order valence-corrected chi connectivity index (χ4v) is 3.16. The molecule has 0 aliphatic rings. The van der Waals surface area contributed by atoms with Crippen LogP contribution in [0.25, 0.3) is 0 Å². The normalized spacial score (nSPS) is 11.4. The number of hydrogen-bond donors (Lipinski definition) is 2. The Morgan fingerprint density at radius 2 is 2.15 bits per heavy atom. The second-order valence-electron chi connectivity index (χ2n) is 3.91. The monoisotopic (exact) mass is 330 g/mol. The maximum absolute atomic E-state index is 12.2. The van der Waals surface area contributed by atoms with Crippen molar-refractivity contribution in [2.75, 3.05) is 0 Å². The summed E-state index contributed by atoms with van der Waals surface area (Å²) in [6.45, 7) is 0.0307. The zero-order valence-electron chi connectivity index (χ0n) is 10.2. The summed E-state index contributed by atoms with van der Waals surface area (Å²) in [5, 5.41) is 0.0944. The maximum Gasteiger partial charge on any atom is 0.242 e. The number of nitrogens with two attached hydrogens (primary N) is 1. The molecule has 1 aromatic carbocycles. The minimum Gasteiger partial charge on any atom is -0.468 e. The quantitative estimate of drug-likeness (QED) is 0.819. The van der Waals surface area contributed by atoms with E-state index in [1.807, 2.05) is 0 Å². The number of furan rings is 1. The van der Waals surface area contributed by atoms with Crippen LogP contribution < -0.4 is 10.5 Å². The van der Waals surface area contributed by atoms with E-state index in [1.54, 1.807) is 18.2 Å². The van der Waals surface area contributed by atoms with Crippen molar-refractivity contribution in [2.24, 2.45) is 5.73 Å². The molecule has 0 atom stereocenters. The molecule has 2 aromatic rings. The van der Waals surface area contributed by atoms with Crippen LogP contribution >= 0.6 is 23.8 Å². The number of rotatable bonds is 5. The van der Waals surface area contributed by atoms with Crippen molar-refractivity contribution in [1.29, 1.82) is 0 Å². The van der Waals surface area contributed by atoms with Crippen molar-refractivity contribution >= 4 is 38.8 Å². The lowest BCUT2D eigenvalue weighted by molar-refractivity contribution is 0.498. The fraction of sp³-hybridized carbons (Fsp3) is 0.0833. The van der Waals surface area contributed by atoms with E-state index in [9.17, 15) is 8.42 Å². The molecule has 0 amide bonds. The predicted octanol–water partition coefficient (Wildman–Crippen LogP) is 2.05. The van der Waals surface area contributed by atoms with E-state index >= 15 is 0 Å². The Hall–Kier alpha value is -1.41. The first-order valence-corrected chi connectivity index (χ1v) is 7.78. The average Bonchev–Trinajstić information content (AvgIpc) is 2.89. The molecule has 0 radical (unpaired) electrons. The van der Waals surface area contributed by atoms with E-state index in [0.29, 0.717) is 11.3 Å². The molecule has 2 rings (SSSR count). The van der Waals surface area contributed by atoms with Crippen LogP contribution in [-0.4, -0.2) is 13.4 Å². The molecule has 0 saturated carbocycles. The molecule has 0 spiro atoms. The van der Waals surface area contributed by atoms with E-state index < -0.39 is 10.0 Å². The Morgan fingerprint density at radius 3 is 2.75 bits per heavy atom. The maximum atomic E-state index is 12.2. The molecule has 0 saturated heterocycles. The van der Waals surface area contributed by atoms with Crippen molar-refractivity contribution in [3.8, 4) is 0 Å². The zero-order valence-corrected chi connectivity index (χ0v) is 12.6. The van der Waals surface area contributed by atoms with Gasteiger partial charge in [-0.05, 0) is 24.3 Å². The number of hydrogen-bond acceptors (Lipinski definition) is 4. The van der Waals surface area contributed by atoms with Crippen molar-refractivity contribution in [3.63, 3.8) is 0 Å². The largest absolute Gasteiger partial charge is 0.468 e. The van der Waals surface area contributed by atoms with Crippen LogP contribution in [0.2, 0.25) is 5.02 Å². The van der Waals surface area contributed by atoms with Crippen molar-refractivity contribution in [2.45, 2.75) is 11.4 Å². The molecule has 0 unspecified atom stereocenters. The van der Waals surface area contributed by atoms with Gasteiger partial charge in [0, 0.05) is 5.56 Å². The van der Waals surface area contributed by atoms with E-state index in [1.165, 1.54) is 18.4 Å². The molecule has 8 heteroatoms. The highest BCUT2D eigenvalue weighted by atomic mass is 35.5. The van der Waals surface area contributed by atoms with Gasteiger partial charge in [-0.3, -0.25) is 0 Å². The Labute approximate surface area is 126 Å². The number of thiocarbonyl (C=S) groups is 1. The molecular weight excluding hydrogens is 320 g/mol. The molecule has 0 fully saturated rings. The topological polar surface area (TPSA) is 85.3 Å². The van der Waals surface area contributed by atoms with Gasteiger partial charge in [0.05, 0.1) is 17.8 Å². The minimum absolute atomic E-state index is 0.0307. The third-order valence-electron chi connectivity index (χ3n) is 2.52. The van der Waals surface area contributed by atoms with E-state index in [-0.39, 0.29) is 21.5 Å². The van der Waals surface area contributed by atoms with Crippen LogP contribution in [0.15, 0.2) is 45.9 Å². The van der Waals surface area contributed by atoms with E-state index in [2.05, 4.69) is 4.72 Å². The number of benzene rings is 1. The Kier molecular flexibility index (Phi) is 4.44. The summed E-state index contributed by atoms with van der Waals surface area (Å²) in [5.41, 5.74) is 5.92. The summed E-state index contributed by atoms with van der Waals surface area (Å²) in [5.74, 6) is 0.496. The smallest absolute Gasteiger partial charge is 0.242 e. The first-order valence-electron chi connectivity index (χ1n) is 5.51. The highest BCUT2D eigenvalue weighted by molar-refractivity contribution is 7.89. The second-order valence-corrected chi connectivity index (χ2v) is 6.50. The van der Waals surface area contributed by atoms with Gasteiger partial charge in [-0.1, -0.05) is 29.9 Å². The predicted molar refractivity (Wildman–Crippen MR) is 80.1 cm³/mol. The Morgan fingerprint density at radius 1 is 1.40 bits per heavy atom. The van der Waals surface area contributed by atoms with Gasteiger partial charge in [-0.25, -0.2) is 13.1 Å². The third kappa shape index (κ3) is 3.37. The van der Waals surface area contributed by atoms with Crippen LogP contribution in [-0.2, 0) is 16.6 Å². The van der Waals surface area contributed by atoms with E-state index in [0.717, 1.165) is 0 Å². The second kappa shape index (κ2) is 5.92. The van der Waals surface area contributed by atoms with Crippen LogP contribution in [0.1, 0.15) is 11.3 Å². The van der Waals surface area contributed by atoms with Crippen molar-refractivity contribution in [1.82, 2.24) is 4.72 Å². The highest BCUT2D eigenvalue weighted by Gasteiger charge is 2.19. The number of nitrogens with one attached hydrogen (secondary N) is 1. The van der Waals surface area contributed by atoms with Gasteiger partial charge in [0.2, 0.25) is 10.0 Å². The molecule has 106 valence electrons. The van der Waals surface area contributed by atoms with Gasteiger partial charge in [0.15, 0.2) is 0 Å². The highest BCUT2D eigenvalue weighted by Crippen LogP contribution is 2.22. The van der Waals surface area contributed by atoms with Crippen LogP contribution in [0.5, 0.6) is 0 Å². The zero-order chi connectivity index (χ0) is 14.8. The van der Waals surface area contributed by atoms with Gasteiger partial charge in [0.25, 0.3) is 0 Å². The lowest BCUT2D eigenvalue weighted by Gasteiger charge is -2.09. The van der Waals surface area contributed by atoms with Gasteiger partial charge < -0.3 is 10.2 Å². The molecule has 0 bridgehead atoms. The molecule has 1 heterocycles. The summed E-state index contributed by atoms with van der Waals surface area (Å²) in [6.07, 6.45) is 1.46. The summed E-state index contributed by atoms with van der Waals surface area (Å²) in [7, 11) is -3.78. The fourth-order valence-electron chi connectivity index (χ4n) is 1.52. The first-order chi connectivity index (χ1) is 9.40. The summed E-state index contributed by atoms with van der Waals surface area (Å²) in [4.78, 5) is 0.0279. The standard InChI is InChI=1S/C12H11ClN2O3S2/c13-10-4-3-8(12(14)19)6-11(10)20(16,17)15-7-9-2-1-5-18-9/h1-6,15H,7H2,(H2,14,19). The summed E-state index contributed by atoms with van der Waals surface area (Å²) < 4.78 is 31.9. The van der Waals surface area contributed by atoms with Crippen LogP contribution in [0.4, 0.5) is 0 Å². The summed E-state index contributed by atoms with van der Waals surface area (Å²) >= 11 is 10.7. The molecular formula is C12H11ClN2O3S2. The van der Waals surface area contributed by atoms with Crippen LogP contribution in [0, 0.1) is 0 Å². The molecule has 0 aliphatic carbocycles. The van der Waals surface area contributed by atoms with Crippen LogP contribution in [0.3, 0.4) is 0 Å². The molecule has 20 heavy (non-hydrogen) atoms. The van der Waals surface area contributed by atoms with Gasteiger partial charge in [-0.2, -0.15) is 0 Å². The molecule has 0 aliphatic heterocycles. The average molecular weight is 331 g/mol. The third-order valence-corrected chi connectivity index (χ3v) is 4.64. The molecule has 5 nitrogen and oxygen atoms in total.